The summed E-state index contributed by atoms with van der Waals surface area (Å²) in [5.41, 5.74) is 5.43. The fraction of sp³-hybridized carbons (Fsp3) is 0.297. The Morgan fingerprint density at radius 1 is 0.938 bits per heavy atom. The average molecular weight is 671 g/mol. The van der Waals surface area contributed by atoms with E-state index in [1.54, 1.807) is 12.3 Å². The molecule has 3 aromatic carbocycles. The number of aliphatic hydroxyl groups is 1. The average Bonchev–Trinajstić information content (AvgIpc) is 3.10. The molecule has 5 atom stereocenters. The van der Waals surface area contributed by atoms with E-state index in [0.717, 1.165) is 33.4 Å². The van der Waals surface area contributed by atoms with Crippen LogP contribution in [0.5, 0.6) is 0 Å². The lowest BCUT2D eigenvalue weighted by Crippen LogP contribution is -2.38. The Morgan fingerprint density at radius 2 is 1.67 bits per heavy atom. The molecule has 1 aliphatic heterocycles. The first kappa shape index (κ1) is 34.8. The number of carboxylic acid groups (broad SMARTS) is 1. The van der Waals surface area contributed by atoms with Gasteiger partial charge in [0.25, 0.3) is 5.91 Å². The highest BCUT2D eigenvalue weighted by Crippen LogP contribution is 2.43. The quantitative estimate of drug-likeness (QED) is 0.120. The van der Waals surface area contributed by atoms with Gasteiger partial charge in [0.1, 0.15) is 5.03 Å². The Morgan fingerprint density at radius 3 is 2.38 bits per heavy atom. The number of hydrogen-bond acceptors (Lipinski definition) is 9. The van der Waals surface area contributed by atoms with Gasteiger partial charge in [0.05, 0.1) is 24.4 Å². The van der Waals surface area contributed by atoms with Gasteiger partial charge < -0.3 is 29.7 Å². The molecule has 1 amide bonds. The summed E-state index contributed by atoms with van der Waals surface area (Å²) in [5.74, 6) is -1.58. The molecule has 250 valence electrons. The molecular formula is C37H38N2O8S. The highest BCUT2D eigenvalue weighted by Gasteiger charge is 2.38. The van der Waals surface area contributed by atoms with Crippen LogP contribution in [0.2, 0.25) is 0 Å². The van der Waals surface area contributed by atoms with E-state index < -0.39 is 24.3 Å². The molecule has 0 spiro atoms. The second kappa shape index (κ2) is 16.0. The first-order chi connectivity index (χ1) is 23.1. The Labute approximate surface area is 283 Å². The van der Waals surface area contributed by atoms with Gasteiger partial charge in [0.2, 0.25) is 0 Å². The highest BCUT2D eigenvalue weighted by atomic mass is 32.2. The van der Waals surface area contributed by atoms with Crippen LogP contribution < -0.4 is 5.32 Å². The number of carbonyl (C=O) groups is 3. The summed E-state index contributed by atoms with van der Waals surface area (Å²) >= 11 is 1.34. The molecule has 0 unspecified atom stereocenters. The maximum atomic E-state index is 12.4. The van der Waals surface area contributed by atoms with Crippen molar-refractivity contribution in [3.63, 3.8) is 0 Å². The number of nitrogens with one attached hydrogen (secondary N) is 1. The van der Waals surface area contributed by atoms with E-state index in [4.69, 9.17) is 14.2 Å². The normalized spacial score (nSPS) is 19.7. The summed E-state index contributed by atoms with van der Waals surface area (Å²) in [6, 6.07) is 26.5. The van der Waals surface area contributed by atoms with E-state index in [1.807, 2.05) is 72.8 Å². The van der Waals surface area contributed by atoms with E-state index in [-0.39, 0.29) is 42.7 Å². The molecule has 0 bridgehead atoms. The maximum Gasteiger partial charge on any atom is 0.338 e. The third kappa shape index (κ3) is 8.67. The van der Waals surface area contributed by atoms with E-state index in [0.29, 0.717) is 10.8 Å². The molecule has 1 saturated heterocycles. The first-order valence-electron chi connectivity index (χ1n) is 15.6. The summed E-state index contributed by atoms with van der Waals surface area (Å²) < 4.78 is 18.2. The van der Waals surface area contributed by atoms with Gasteiger partial charge >= 0.3 is 11.9 Å². The number of aromatic carboxylic acids is 1. The topological polar surface area (TPSA) is 144 Å². The van der Waals surface area contributed by atoms with Gasteiger partial charge in [0.15, 0.2) is 12.4 Å². The molecule has 2 heterocycles. The van der Waals surface area contributed by atoms with Gasteiger partial charge in [-0.25, -0.2) is 9.78 Å². The smallest absolute Gasteiger partial charge is 0.338 e. The SMILES string of the molecule is CC(=O)O[C@@H](C)C(=O)NCc1cccc(-c2cccc([C@@H]3O[C@H](CSc4ncccc4C(=O)O)[C@H](C)[C@H](c4ccc(CO)cc4)O3)c2)c1. The number of carboxylic acids is 1. The zero-order valence-electron chi connectivity index (χ0n) is 26.9. The monoisotopic (exact) mass is 670 g/mol. The number of carbonyl (C=O) groups excluding carboxylic acids is 2. The molecule has 3 N–H and O–H groups in total. The molecule has 11 heteroatoms. The molecule has 1 aliphatic rings. The molecule has 1 aromatic heterocycles. The highest BCUT2D eigenvalue weighted by molar-refractivity contribution is 7.99. The van der Waals surface area contributed by atoms with E-state index in [2.05, 4.69) is 17.2 Å². The summed E-state index contributed by atoms with van der Waals surface area (Å²) in [5, 5.41) is 22.5. The second-order valence-electron chi connectivity index (χ2n) is 11.6. The summed E-state index contributed by atoms with van der Waals surface area (Å²) in [6.45, 7) is 5.05. The lowest BCUT2D eigenvalue weighted by molar-refractivity contribution is -0.268. The van der Waals surface area contributed by atoms with Crippen molar-refractivity contribution in [2.75, 3.05) is 5.75 Å². The van der Waals surface area contributed by atoms with Crippen LogP contribution in [0.3, 0.4) is 0 Å². The van der Waals surface area contributed by atoms with Crippen molar-refractivity contribution >= 4 is 29.6 Å². The minimum absolute atomic E-state index is 0.0594. The number of aromatic nitrogens is 1. The van der Waals surface area contributed by atoms with Crippen molar-refractivity contribution in [2.45, 2.75) is 63.6 Å². The number of thioether (sulfide) groups is 1. The molecule has 0 radical (unpaired) electrons. The Kier molecular flexibility index (Phi) is 11.6. The molecule has 10 nitrogen and oxygen atoms in total. The van der Waals surface area contributed by atoms with Crippen molar-refractivity contribution in [3.8, 4) is 11.1 Å². The number of nitrogens with zero attached hydrogens (tertiary/aromatic N) is 1. The number of rotatable bonds is 12. The number of esters is 1. The molecule has 4 aromatic rings. The second-order valence-corrected chi connectivity index (χ2v) is 12.6. The van der Waals surface area contributed by atoms with E-state index in [9.17, 15) is 24.6 Å². The van der Waals surface area contributed by atoms with Crippen LogP contribution >= 0.6 is 11.8 Å². The van der Waals surface area contributed by atoms with Gasteiger partial charge in [-0.1, -0.05) is 67.6 Å². The van der Waals surface area contributed by atoms with Crippen LogP contribution in [0.15, 0.2) is 96.2 Å². The zero-order chi connectivity index (χ0) is 34.2. The van der Waals surface area contributed by atoms with Gasteiger partial charge in [-0.15, -0.1) is 11.8 Å². The minimum Gasteiger partial charge on any atom is -0.478 e. The van der Waals surface area contributed by atoms with Crippen molar-refractivity contribution in [3.05, 3.63) is 119 Å². The van der Waals surface area contributed by atoms with Crippen molar-refractivity contribution in [2.24, 2.45) is 5.92 Å². The van der Waals surface area contributed by atoms with E-state index >= 15 is 0 Å². The fourth-order valence-corrected chi connectivity index (χ4v) is 6.65. The van der Waals surface area contributed by atoms with Crippen LogP contribution in [0.4, 0.5) is 0 Å². The number of pyridine rings is 1. The third-order valence-corrected chi connectivity index (χ3v) is 9.20. The molecule has 5 rings (SSSR count). The standard InChI is InChI=1S/C37H38N2O8S/c1-22-32(21-48-35-31(36(43)44)11-6-16-38-35)46-37(47-33(22)27-14-12-25(20-40)13-15-27)30-10-5-9-29(18-30)28-8-4-7-26(17-28)19-39-34(42)23(2)45-24(3)41/h4-18,22-23,32-33,37,40H,19-21H2,1-3H3,(H,39,42)(H,43,44)/t22-,23-,32+,33+,37+/m0/s1. The molecule has 0 aliphatic carbocycles. The fourth-order valence-electron chi connectivity index (χ4n) is 5.50. The number of hydrogen-bond donors (Lipinski definition) is 3. The molecule has 48 heavy (non-hydrogen) atoms. The minimum atomic E-state index is -1.04. The summed E-state index contributed by atoms with van der Waals surface area (Å²) in [4.78, 5) is 39.7. The van der Waals surface area contributed by atoms with Gasteiger partial charge in [-0.05, 0) is 59.0 Å². The van der Waals surface area contributed by atoms with Gasteiger partial charge in [0, 0.05) is 36.9 Å². The Bertz CT molecular complexity index is 1750. The number of ether oxygens (including phenoxy) is 3. The Balaban J connectivity index is 1.38. The lowest BCUT2D eigenvalue weighted by Gasteiger charge is -2.41. The number of benzene rings is 3. The molecule has 1 fully saturated rings. The van der Waals surface area contributed by atoms with Crippen molar-refractivity contribution < 1.29 is 38.8 Å². The Hall–Kier alpha value is -4.55. The summed E-state index contributed by atoms with van der Waals surface area (Å²) in [7, 11) is 0. The third-order valence-electron chi connectivity index (χ3n) is 8.11. The predicted molar refractivity (Wildman–Crippen MR) is 180 cm³/mol. The van der Waals surface area contributed by atoms with Crippen molar-refractivity contribution in [1.29, 1.82) is 0 Å². The lowest BCUT2D eigenvalue weighted by atomic mass is 9.91. The van der Waals surface area contributed by atoms with E-state index in [1.165, 1.54) is 31.7 Å². The zero-order valence-corrected chi connectivity index (χ0v) is 27.7. The molecule has 0 saturated carbocycles. The van der Waals surface area contributed by atoms with Crippen LogP contribution in [-0.2, 0) is 37.0 Å². The largest absolute Gasteiger partial charge is 0.478 e. The molecular weight excluding hydrogens is 632 g/mol. The van der Waals surface area contributed by atoms with Gasteiger partial charge in [-0.2, -0.15) is 0 Å². The van der Waals surface area contributed by atoms with Crippen LogP contribution in [0, 0.1) is 5.92 Å². The number of aliphatic hydroxyl groups excluding tert-OH is 1. The van der Waals surface area contributed by atoms with Gasteiger partial charge in [-0.3, -0.25) is 9.59 Å². The first-order valence-corrected chi connectivity index (χ1v) is 16.6. The van der Waals surface area contributed by atoms with Crippen LogP contribution in [0.25, 0.3) is 11.1 Å². The number of amides is 1. The van der Waals surface area contributed by atoms with Crippen molar-refractivity contribution in [1.82, 2.24) is 10.3 Å². The maximum absolute atomic E-state index is 12.4. The van der Waals surface area contributed by atoms with Crippen LogP contribution in [-0.4, -0.2) is 51.0 Å². The predicted octanol–water partition coefficient (Wildman–Crippen LogP) is 6.09. The van der Waals surface area contributed by atoms with Crippen LogP contribution in [0.1, 0.15) is 65.8 Å². The summed E-state index contributed by atoms with van der Waals surface area (Å²) in [6.07, 6.45) is -0.681.